The first-order valence-electron chi connectivity index (χ1n) is 8.19. The second kappa shape index (κ2) is 11.1. The van der Waals surface area contributed by atoms with Crippen LogP contribution in [-0.4, -0.2) is 49.8 Å². The first kappa shape index (κ1) is 20.6. The average molecular weight is 399 g/mol. The van der Waals surface area contributed by atoms with E-state index >= 15 is 0 Å². The van der Waals surface area contributed by atoms with Crippen molar-refractivity contribution in [2.45, 2.75) is 19.6 Å². The maximum Gasteiger partial charge on any atom is 0.248 e. The van der Waals surface area contributed by atoms with Gasteiger partial charge in [0.15, 0.2) is 0 Å². The van der Waals surface area contributed by atoms with E-state index in [4.69, 9.17) is 25.8 Å². The van der Waals surface area contributed by atoms with E-state index in [9.17, 15) is 4.79 Å². The number of carbonyl (C=O) groups excluding carboxylic acids is 1. The monoisotopic (exact) mass is 398 g/mol. The molecular formula is C18H23ClN2O4S. The lowest BCUT2D eigenvalue weighted by Gasteiger charge is -2.21. The molecule has 0 bridgehead atoms. The zero-order chi connectivity index (χ0) is 18.8. The SMILES string of the molecule is COCCCN(Cc1csc(COc2ccc(Cl)cc2)n1)C(=O)COC. The molecule has 2 rings (SSSR count). The summed E-state index contributed by atoms with van der Waals surface area (Å²) in [6.45, 7) is 2.09. The molecule has 1 heterocycles. The van der Waals surface area contributed by atoms with Crippen molar-refractivity contribution in [3.8, 4) is 5.75 Å². The zero-order valence-electron chi connectivity index (χ0n) is 14.9. The third kappa shape index (κ3) is 6.92. The van der Waals surface area contributed by atoms with Crippen LogP contribution in [0.3, 0.4) is 0 Å². The Morgan fingerprint density at radius 2 is 2.00 bits per heavy atom. The van der Waals surface area contributed by atoms with Crippen molar-refractivity contribution in [3.05, 3.63) is 45.4 Å². The summed E-state index contributed by atoms with van der Waals surface area (Å²) in [6, 6.07) is 7.20. The van der Waals surface area contributed by atoms with E-state index in [1.165, 1.54) is 18.4 Å². The Morgan fingerprint density at radius 3 is 2.69 bits per heavy atom. The van der Waals surface area contributed by atoms with E-state index in [1.807, 2.05) is 17.5 Å². The van der Waals surface area contributed by atoms with E-state index in [0.29, 0.717) is 31.3 Å². The number of aromatic nitrogens is 1. The van der Waals surface area contributed by atoms with Crippen molar-refractivity contribution in [2.24, 2.45) is 0 Å². The van der Waals surface area contributed by atoms with Crippen molar-refractivity contribution in [3.63, 3.8) is 0 Å². The molecule has 6 nitrogen and oxygen atoms in total. The number of nitrogens with zero attached hydrogens (tertiary/aromatic N) is 2. The molecular weight excluding hydrogens is 376 g/mol. The summed E-state index contributed by atoms with van der Waals surface area (Å²) in [5.41, 5.74) is 0.839. The molecule has 0 fully saturated rings. The van der Waals surface area contributed by atoms with Crippen LogP contribution < -0.4 is 4.74 Å². The third-order valence-corrected chi connectivity index (χ3v) is 4.65. The number of methoxy groups -OCH3 is 2. The topological polar surface area (TPSA) is 60.9 Å². The number of hydrogen-bond donors (Lipinski definition) is 0. The summed E-state index contributed by atoms with van der Waals surface area (Å²) in [7, 11) is 3.16. The summed E-state index contributed by atoms with van der Waals surface area (Å²) in [5.74, 6) is 0.679. The molecule has 0 aliphatic carbocycles. The molecule has 26 heavy (non-hydrogen) atoms. The highest BCUT2D eigenvalue weighted by atomic mass is 35.5. The normalized spacial score (nSPS) is 10.7. The number of amides is 1. The lowest BCUT2D eigenvalue weighted by Crippen LogP contribution is -2.34. The summed E-state index contributed by atoms with van der Waals surface area (Å²) < 4.78 is 15.7. The van der Waals surface area contributed by atoms with Crippen LogP contribution >= 0.6 is 22.9 Å². The van der Waals surface area contributed by atoms with E-state index in [-0.39, 0.29) is 12.5 Å². The smallest absolute Gasteiger partial charge is 0.248 e. The molecule has 0 aliphatic heterocycles. The summed E-state index contributed by atoms with van der Waals surface area (Å²) >= 11 is 7.37. The first-order chi connectivity index (χ1) is 12.6. The standard InChI is InChI=1S/C18H23ClN2O4S/c1-23-9-3-8-21(18(22)12-24-2)10-15-13-26-17(20-15)11-25-16-6-4-14(19)5-7-16/h4-7,13H,3,8-12H2,1-2H3. The van der Waals surface area contributed by atoms with Crippen LogP contribution in [0, 0.1) is 0 Å². The number of ether oxygens (including phenoxy) is 3. The van der Waals surface area contributed by atoms with Gasteiger partial charge in [-0.15, -0.1) is 11.3 Å². The van der Waals surface area contributed by atoms with E-state index in [0.717, 1.165) is 22.9 Å². The Morgan fingerprint density at radius 1 is 1.23 bits per heavy atom. The van der Waals surface area contributed by atoms with Crippen molar-refractivity contribution < 1.29 is 19.0 Å². The predicted molar refractivity (Wildman–Crippen MR) is 102 cm³/mol. The van der Waals surface area contributed by atoms with Gasteiger partial charge in [0, 0.05) is 37.8 Å². The van der Waals surface area contributed by atoms with Gasteiger partial charge in [0.1, 0.15) is 24.0 Å². The third-order valence-electron chi connectivity index (χ3n) is 3.53. The minimum Gasteiger partial charge on any atom is -0.486 e. The Kier molecular flexibility index (Phi) is 8.84. The van der Waals surface area contributed by atoms with Crippen molar-refractivity contribution in [2.75, 3.05) is 34.0 Å². The van der Waals surface area contributed by atoms with Gasteiger partial charge in [0.05, 0.1) is 12.2 Å². The summed E-state index contributed by atoms with van der Waals surface area (Å²) in [5, 5.41) is 3.47. The molecule has 0 unspecified atom stereocenters. The first-order valence-corrected chi connectivity index (χ1v) is 9.45. The molecule has 0 saturated carbocycles. The maximum absolute atomic E-state index is 12.2. The Hall–Kier alpha value is -1.67. The molecule has 0 aliphatic rings. The predicted octanol–water partition coefficient (Wildman–Crippen LogP) is 3.39. The minimum absolute atomic E-state index is 0.0592. The van der Waals surface area contributed by atoms with Crippen LogP contribution in [0.15, 0.2) is 29.6 Å². The number of carbonyl (C=O) groups is 1. The van der Waals surface area contributed by atoms with Gasteiger partial charge in [-0.1, -0.05) is 11.6 Å². The van der Waals surface area contributed by atoms with Crippen LogP contribution in [0.5, 0.6) is 5.75 Å². The molecule has 0 N–H and O–H groups in total. The quantitative estimate of drug-likeness (QED) is 0.543. The molecule has 0 saturated heterocycles. The number of hydrogen-bond acceptors (Lipinski definition) is 6. The molecule has 1 aromatic heterocycles. The number of benzene rings is 1. The maximum atomic E-state index is 12.2. The minimum atomic E-state index is -0.0597. The number of rotatable bonds is 11. The van der Waals surface area contributed by atoms with Gasteiger partial charge < -0.3 is 19.1 Å². The Balaban J connectivity index is 1.90. The second-order valence-corrected chi connectivity index (χ2v) is 6.95. The molecule has 1 amide bonds. The second-order valence-electron chi connectivity index (χ2n) is 5.57. The van der Waals surface area contributed by atoms with Gasteiger partial charge in [-0.25, -0.2) is 4.98 Å². The van der Waals surface area contributed by atoms with E-state index in [1.54, 1.807) is 24.1 Å². The largest absolute Gasteiger partial charge is 0.486 e. The highest BCUT2D eigenvalue weighted by molar-refractivity contribution is 7.09. The molecule has 2 aromatic rings. The van der Waals surface area contributed by atoms with Gasteiger partial charge in [-0.2, -0.15) is 0 Å². The highest BCUT2D eigenvalue weighted by Crippen LogP contribution is 2.19. The lowest BCUT2D eigenvalue weighted by molar-refractivity contribution is -0.136. The van der Waals surface area contributed by atoms with Crippen LogP contribution in [0.25, 0.3) is 0 Å². The summed E-state index contributed by atoms with van der Waals surface area (Å²) in [4.78, 5) is 18.5. The lowest BCUT2D eigenvalue weighted by atomic mass is 10.3. The molecule has 0 spiro atoms. The highest BCUT2D eigenvalue weighted by Gasteiger charge is 2.15. The van der Waals surface area contributed by atoms with Crippen molar-refractivity contribution in [1.82, 2.24) is 9.88 Å². The molecule has 8 heteroatoms. The van der Waals surface area contributed by atoms with Gasteiger partial charge in [0.25, 0.3) is 0 Å². The van der Waals surface area contributed by atoms with Crippen LogP contribution in [-0.2, 0) is 27.4 Å². The Bertz CT molecular complexity index is 678. The molecule has 142 valence electrons. The van der Waals surface area contributed by atoms with Gasteiger partial charge in [0.2, 0.25) is 5.91 Å². The number of thiazole rings is 1. The van der Waals surface area contributed by atoms with Gasteiger partial charge in [-0.3, -0.25) is 4.79 Å². The fourth-order valence-corrected chi connectivity index (χ4v) is 3.09. The Labute approximate surface area is 162 Å². The molecule has 0 radical (unpaired) electrons. The average Bonchev–Trinajstić information content (AvgIpc) is 3.08. The zero-order valence-corrected chi connectivity index (χ0v) is 16.5. The summed E-state index contributed by atoms with van der Waals surface area (Å²) in [6.07, 6.45) is 0.766. The van der Waals surface area contributed by atoms with Crippen LogP contribution in [0.1, 0.15) is 17.1 Å². The fraction of sp³-hybridized carbons (Fsp3) is 0.444. The van der Waals surface area contributed by atoms with Gasteiger partial charge >= 0.3 is 0 Å². The van der Waals surface area contributed by atoms with E-state index < -0.39 is 0 Å². The van der Waals surface area contributed by atoms with E-state index in [2.05, 4.69) is 4.98 Å². The number of halogens is 1. The molecule has 1 aromatic carbocycles. The fourth-order valence-electron chi connectivity index (χ4n) is 2.27. The van der Waals surface area contributed by atoms with Crippen molar-refractivity contribution in [1.29, 1.82) is 0 Å². The molecule has 0 atom stereocenters. The van der Waals surface area contributed by atoms with Crippen molar-refractivity contribution >= 4 is 28.8 Å². The van der Waals surface area contributed by atoms with Crippen LogP contribution in [0.4, 0.5) is 0 Å². The van der Waals surface area contributed by atoms with Gasteiger partial charge in [-0.05, 0) is 30.7 Å². The van der Waals surface area contributed by atoms with Crippen LogP contribution in [0.2, 0.25) is 5.02 Å².